The van der Waals surface area contributed by atoms with Gasteiger partial charge in [0.1, 0.15) is 0 Å². The van der Waals surface area contributed by atoms with Gasteiger partial charge in [0, 0.05) is 15.6 Å². The van der Waals surface area contributed by atoms with Crippen molar-refractivity contribution in [2.75, 3.05) is 0 Å². The van der Waals surface area contributed by atoms with Gasteiger partial charge < -0.3 is 0 Å². The molecule has 0 bridgehead atoms. The number of carbonyl (C=O) groups excluding carboxylic acids is 1. The molecular formula is C13H7BrF2O. The molecule has 0 amide bonds. The van der Waals surface area contributed by atoms with Gasteiger partial charge in [0.05, 0.1) is 0 Å². The standard InChI is InChI=1S/C13H7BrF2O/c14-10-4-2-1-3-9(10)13(17)8-5-6-11(15)12(16)7-8/h1-7H. The van der Waals surface area contributed by atoms with Crippen LogP contribution in [0, 0.1) is 11.6 Å². The van der Waals surface area contributed by atoms with Crippen molar-refractivity contribution in [2.45, 2.75) is 0 Å². The Morgan fingerprint density at radius 2 is 1.71 bits per heavy atom. The summed E-state index contributed by atoms with van der Waals surface area (Å²) in [4.78, 5) is 12.0. The summed E-state index contributed by atoms with van der Waals surface area (Å²) in [5.74, 6) is -2.34. The maximum atomic E-state index is 13.0. The summed E-state index contributed by atoms with van der Waals surface area (Å²) < 4.78 is 26.4. The number of hydrogen-bond donors (Lipinski definition) is 0. The highest BCUT2D eigenvalue weighted by Gasteiger charge is 2.13. The van der Waals surface area contributed by atoms with Gasteiger partial charge >= 0.3 is 0 Å². The SMILES string of the molecule is O=C(c1ccc(F)c(F)c1)c1ccccc1Br. The molecule has 0 unspecified atom stereocenters. The molecule has 0 fully saturated rings. The van der Waals surface area contributed by atoms with Crippen molar-refractivity contribution in [2.24, 2.45) is 0 Å². The molecule has 86 valence electrons. The largest absolute Gasteiger partial charge is 0.289 e. The van der Waals surface area contributed by atoms with Crippen LogP contribution in [-0.2, 0) is 0 Å². The normalized spacial score (nSPS) is 10.3. The average molecular weight is 297 g/mol. The van der Waals surface area contributed by atoms with Crippen LogP contribution in [0.15, 0.2) is 46.9 Å². The lowest BCUT2D eigenvalue weighted by molar-refractivity contribution is 0.103. The van der Waals surface area contributed by atoms with Crippen LogP contribution in [0.4, 0.5) is 8.78 Å². The zero-order chi connectivity index (χ0) is 12.4. The molecule has 2 aromatic rings. The van der Waals surface area contributed by atoms with Gasteiger partial charge in [0.15, 0.2) is 17.4 Å². The summed E-state index contributed by atoms with van der Waals surface area (Å²) in [5, 5.41) is 0. The van der Waals surface area contributed by atoms with Crippen LogP contribution in [0.2, 0.25) is 0 Å². The highest BCUT2D eigenvalue weighted by molar-refractivity contribution is 9.10. The molecule has 0 heterocycles. The van der Waals surface area contributed by atoms with Crippen LogP contribution in [0.1, 0.15) is 15.9 Å². The molecule has 17 heavy (non-hydrogen) atoms. The molecule has 0 saturated carbocycles. The van der Waals surface area contributed by atoms with E-state index in [1.165, 1.54) is 6.07 Å². The summed E-state index contributed by atoms with van der Waals surface area (Å²) >= 11 is 3.24. The molecule has 4 heteroatoms. The zero-order valence-corrected chi connectivity index (χ0v) is 10.2. The average Bonchev–Trinajstić information content (AvgIpc) is 2.32. The molecule has 2 rings (SSSR count). The second-order valence-corrected chi connectivity index (χ2v) is 4.29. The molecule has 0 spiro atoms. The van der Waals surface area contributed by atoms with Gasteiger partial charge in [-0.05, 0) is 30.3 Å². The molecule has 0 aliphatic heterocycles. The molecule has 0 N–H and O–H groups in total. The van der Waals surface area contributed by atoms with Crippen LogP contribution in [0.3, 0.4) is 0 Å². The van der Waals surface area contributed by atoms with Gasteiger partial charge in [-0.3, -0.25) is 4.79 Å². The van der Waals surface area contributed by atoms with Crippen LogP contribution < -0.4 is 0 Å². The Labute approximate surface area is 105 Å². The number of hydrogen-bond acceptors (Lipinski definition) is 1. The van der Waals surface area contributed by atoms with Gasteiger partial charge in [-0.2, -0.15) is 0 Å². The van der Waals surface area contributed by atoms with Crippen LogP contribution in [-0.4, -0.2) is 5.78 Å². The fourth-order valence-corrected chi connectivity index (χ4v) is 1.90. The van der Waals surface area contributed by atoms with E-state index in [0.29, 0.717) is 10.0 Å². The van der Waals surface area contributed by atoms with Gasteiger partial charge in [0.2, 0.25) is 0 Å². The molecule has 0 aromatic heterocycles. The first-order chi connectivity index (χ1) is 8.09. The zero-order valence-electron chi connectivity index (χ0n) is 8.58. The molecule has 0 saturated heterocycles. The summed E-state index contributed by atoms with van der Waals surface area (Å²) in [6.45, 7) is 0. The topological polar surface area (TPSA) is 17.1 Å². The van der Waals surface area contributed by atoms with Gasteiger partial charge in [0.25, 0.3) is 0 Å². The number of halogens is 3. The first kappa shape index (κ1) is 11.9. The van der Waals surface area contributed by atoms with Crippen LogP contribution in [0.25, 0.3) is 0 Å². The van der Waals surface area contributed by atoms with Crippen LogP contribution in [0.5, 0.6) is 0 Å². The Hall–Kier alpha value is -1.55. The quantitative estimate of drug-likeness (QED) is 0.767. The van der Waals surface area contributed by atoms with Gasteiger partial charge in [-0.1, -0.05) is 28.1 Å². The first-order valence-corrected chi connectivity index (χ1v) is 5.63. The highest BCUT2D eigenvalue weighted by Crippen LogP contribution is 2.20. The third-order valence-corrected chi connectivity index (χ3v) is 2.99. The summed E-state index contributed by atoms with van der Waals surface area (Å²) in [7, 11) is 0. The van der Waals surface area contributed by atoms with E-state index in [1.54, 1.807) is 24.3 Å². The first-order valence-electron chi connectivity index (χ1n) is 4.84. The van der Waals surface area contributed by atoms with Gasteiger partial charge in [-0.25, -0.2) is 8.78 Å². The summed E-state index contributed by atoms with van der Waals surface area (Å²) in [6, 6.07) is 9.92. The van der Waals surface area contributed by atoms with E-state index in [9.17, 15) is 13.6 Å². The third-order valence-electron chi connectivity index (χ3n) is 2.30. The second-order valence-electron chi connectivity index (χ2n) is 3.44. The van der Waals surface area contributed by atoms with Crippen molar-refractivity contribution in [3.05, 3.63) is 69.7 Å². The Bertz CT molecular complexity index is 581. The highest BCUT2D eigenvalue weighted by atomic mass is 79.9. The Balaban J connectivity index is 2.44. The van der Waals surface area contributed by atoms with Crippen molar-refractivity contribution in [1.29, 1.82) is 0 Å². The third kappa shape index (κ3) is 2.42. The van der Waals surface area contributed by atoms with E-state index in [0.717, 1.165) is 12.1 Å². The van der Waals surface area contributed by atoms with E-state index >= 15 is 0 Å². The smallest absolute Gasteiger partial charge is 0.194 e. The molecule has 2 aromatic carbocycles. The Morgan fingerprint density at radius 1 is 1.00 bits per heavy atom. The molecule has 0 aliphatic rings. The van der Waals surface area contributed by atoms with Crippen LogP contribution >= 0.6 is 15.9 Å². The fraction of sp³-hybridized carbons (Fsp3) is 0. The van der Waals surface area contributed by atoms with E-state index in [1.807, 2.05) is 0 Å². The Kier molecular flexibility index (Phi) is 3.33. The monoisotopic (exact) mass is 296 g/mol. The van der Waals surface area contributed by atoms with Crippen molar-refractivity contribution < 1.29 is 13.6 Å². The minimum Gasteiger partial charge on any atom is -0.289 e. The van der Waals surface area contributed by atoms with Crippen molar-refractivity contribution in [3.8, 4) is 0 Å². The fourth-order valence-electron chi connectivity index (χ4n) is 1.44. The summed E-state index contributed by atoms with van der Waals surface area (Å²) in [6.07, 6.45) is 0. The minimum absolute atomic E-state index is 0.121. The second kappa shape index (κ2) is 4.75. The van der Waals surface area contributed by atoms with E-state index in [-0.39, 0.29) is 11.3 Å². The lowest BCUT2D eigenvalue weighted by atomic mass is 10.0. The number of ketones is 1. The number of benzene rings is 2. The molecule has 0 atom stereocenters. The minimum atomic E-state index is -1.03. The molecule has 0 radical (unpaired) electrons. The van der Waals surface area contributed by atoms with Crippen molar-refractivity contribution in [1.82, 2.24) is 0 Å². The predicted octanol–water partition coefficient (Wildman–Crippen LogP) is 3.96. The molecule has 0 aliphatic carbocycles. The van der Waals surface area contributed by atoms with Gasteiger partial charge in [-0.15, -0.1) is 0 Å². The maximum Gasteiger partial charge on any atom is 0.194 e. The number of carbonyl (C=O) groups is 1. The lowest BCUT2D eigenvalue weighted by Crippen LogP contribution is -2.03. The van der Waals surface area contributed by atoms with E-state index in [2.05, 4.69) is 15.9 Å². The molecular weight excluding hydrogens is 290 g/mol. The van der Waals surface area contributed by atoms with Crippen molar-refractivity contribution >= 4 is 21.7 Å². The predicted molar refractivity (Wildman–Crippen MR) is 63.9 cm³/mol. The lowest BCUT2D eigenvalue weighted by Gasteiger charge is -2.04. The maximum absolute atomic E-state index is 13.0. The van der Waals surface area contributed by atoms with Crippen molar-refractivity contribution in [3.63, 3.8) is 0 Å². The van der Waals surface area contributed by atoms with E-state index < -0.39 is 11.6 Å². The molecule has 1 nitrogen and oxygen atoms in total. The Morgan fingerprint density at radius 3 is 2.35 bits per heavy atom. The number of rotatable bonds is 2. The van der Waals surface area contributed by atoms with E-state index in [4.69, 9.17) is 0 Å². The summed E-state index contributed by atoms with van der Waals surface area (Å²) in [5.41, 5.74) is 0.536.